The van der Waals surface area contributed by atoms with Crippen LogP contribution in [-0.2, 0) is 19.0 Å². The Morgan fingerprint density at radius 3 is 1.81 bits per heavy atom. The Labute approximate surface area is 129 Å². The molecular formula is C16H29BO4. The van der Waals surface area contributed by atoms with Gasteiger partial charge in [-0.1, -0.05) is 47.5 Å². The number of hydrogen-bond donors (Lipinski definition) is 0. The maximum Gasteiger partial charge on any atom is 0.350 e. The first-order valence-electron chi connectivity index (χ1n) is 7.82. The molecule has 0 aromatic carbocycles. The summed E-state index contributed by atoms with van der Waals surface area (Å²) < 4.78 is 10.5. The van der Waals surface area contributed by atoms with Crippen molar-refractivity contribution in [1.29, 1.82) is 0 Å². The van der Waals surface area contributed by atoms with Gasteiger partial charge in [0.25, 0.3) is 0 Å². The molecule has 0 radical (unpaired) electrons. The van der Waals surface area contributed by atoms with Crippen molar-refractivity contribution < 1.29 is 19.0 Å². The van der Waals surface area contributed by atoms with E-state index >= 15 is 0 Å². The average molecular weight is 296 g/mol. The van der Waals surface area contributed by atoms with Crippen LogP contribution in [0.3, 0.4) is 0 Å². The van der Waals surface area contributed by atoms with Crippen LogP contribution in [0.5, 0.6) is 0 Å². The highest BCUT2D eigenvalue weighted by Gasteiger charge is 2.25. The summed E-state index contributed by atoms with van der Waals surface area (Å²) in [5.41, 5.74) is -0.478. The van der Waals surface area contributed by atoms with Crippen molar-refractivity contribution in [1.82, 2.24) is 0 Å². The minimum atomic E-state index is -0.508. The number of hydrogen-bond acceptors (Lipinski definition) is 4. The third-order valence-corrected chi connectivity index (χ3v) is 4.47. The predicted octanol–water partition coefficient (Wildman–Crippen LogP) is 3.56. The van der Waals surface area contributed by atoms with Gasteiger partial charge in [0.2, 0.25) is 0 Å². The molecule has 4 nitrogen and oxygen atoms in total. The number of esters is 1. The van der Waals surface area contributed by atoms with Crippen molar-refractivity contribution in [3.63, 3.8) is 0 Å². The van der Waals surface area contributed by atoms with E-state index in [4.69, 9.17) is 9.39 Å². The van der Waals surface area contributed by atoms with E-state index in [-0.39, 0.29) is 5.31 Å². The van der Waals surface area contributed by atoms with Gasteiger partial charge in [0.05, 0.1) is 0 Å². The van der Waals surface area contributed by atoms with E-state index in [0.29, 0.717) is 7.48 Å². The van der Waals surface area contributed by atoms with Gasteiger partial charge >= 0.3 is 19.4 Å². The second kappa shape index (κ2) is 8.91. The molecule has 21 heavy (non-hydrogen) atoms. The second-order valence-electron chi connectivity index (χ2n) is 6.04. The van der Waals surface area contributed by atoms with Gasteiger partial charge in [-0.25, -0.2) is 9.59 Å². The van der Waals surface area contributed by atoms with E-state index in [1.807, 2.05) is 20.8 Å². The van der Waals surface area contributed by atoms with Crippen molar-refractivity contribution in [2.24, 2.45) is 0 Å². The fourth-order valence-electron chi connectivity index (χ4n) is 1.55. The Bertz CT molecular complexity index is 368. The molecule has 0 spiro atoms. The van der Waals surface area contributed by atoms with Crippen LogP contribution < -0.4 is 0 Å². The first kappa shape index (κ1) is 19.7. The van der Waals surface area contributed by atoms with Crippen molar-refractivity contribution >= 4 is 19.4 Å². The van der Waals surface area contributed by atoms with Crippen LogP contribution >= 0.6 is 0 Å². The lowest BCUT2D eigenvalue weighted by molar-refractivity contribution is -0.152. The highest BCUT2D eigenvalue weighted by Crippen LogP contribution is 2.32. The lowest BCUT2D eigenvalue weighted by atomic mass is 9.61. The Kier molecular flexibility index (Phi) is 8.37. The van der Waals surface area contributed by atoms with E-state index in [1.165, 1.54) is 0 Å². The van der Waals surface area contributed by atoms with Gasteiger partial charge in [-0.05, 0) is 25.1 Å². The van der Waals surface area contributed by atoms with Crippen molar-refractivity contribution in [2.75, 3.05) is 0 Å². The van der Waals surface area contributed by atoms with Crippen LogP contribution in [0.1, 0.15) is 67.2 Å². The Morgan fingerprint density at radius 1 is 0.905 bits per heavy atom. The monoisotopic (exact) mass is 296 g/mol. The van der Waals surface area contributed by atoms with Crippen LogP contribution in [0.4, 0.5) is 0 Å². The summed E-state index contributed by atoms with van der Waals surface area (Å²) in [5, 5.41) is -0.00694. The molecule has 0 saturated heterocycles. The van der Waals surface area contributed by atoms with E-state index in [9.17, 15) is 9.59 Å². The summed E-state index contributed by atoms with van der Waals surface area (Å²) in [5.74, 6) is -1.01. The van der Waals surface area contributed by atoms with Crippen molar-refractivity contribution in [3.8, 4) is 0 Å². The molecule has 0 bridgehead atoms. The molecule has 0 rings (SSSR count). The zero-order valence-corrected chi connectivity index (χ0v) is 14.3. The van der Waals surface area contributed by atoms with Gasteiger partial charge in [0.1, 0.15) is 5.60 Å². The van der Waals surface area contributed by atoms with Crippen molar-refractivity contribution in [2.45, 2.75) is 78.1 Å². The molecule has 0 unspecified atom stereocenters. The molecule has 0 aliphatic heterocycles. The molecule has 0 aromatic heterocycles. The lowest BCUT2D eigenvalue weighted by Crippen LogP contribution is -2.29. The zero-order chi connectivity index (χ0) is 16.5. The Hall–Kier alpha value is -1.26. The molecule has 0 heterocycles. The SMILES string of the molecule is CCC(C)(BOC(=O)/C=C/C(=O)OC(C)(CC)CC)CC. The summed E-state index contributed by atoms with van der Waals surface area (Å²) in [7, 11) is 0.361. The highest BCUT2D eigenvalue weighted by molar-refractivity contribution is 6.35. The van der Waals surface area contributed by atoms with Crippen LogP contribution in [0.25, 0.3) is 0 Å². The molecule has 0 aromatic rings. The van der Waals surface area contributed by atoms with Gasteiger partial charge < -0.3 is 9.39 Å². The minimum Gasteiger partial charge on any atom is -0.536 e. The molecule has 0 atom stereocenters. The molecule has 0 amide bonds. The lowest BCUT2D eigenvalue weighted by Gasteiger charge is -2.26. The van der Waals surface area contributed by atoms with Gasteiger partial charge in [-0.2, -0.15) is 0 Å². The largest absolute Gasteiger partial charge is 0.536 e. The van der Waals surface area contributed by atoms with Crippen molar-refractivity contribution in [3.05, 3.63) is 12.2 Å². The maximum atomic E-state index is 11.7. The molecule has 0 N–H and O–H groups in total. The topological polar surface area (TPSA) is 52.6 Å². The molecule has 120 valence electrons. The van der Waals surface area contributed by atoms with Gasteiger partial charge in [0.15, 0.2) is 0 Å². The van der Waals surface area contributed by atoms with Gasteiger partial charge in [0, 0.05) is 12.2 Å². The first-order valence-corrected chi connectivity index (χ1v) is 7.82. The van der Waals surface area contributed by atoms with E-state index in [0.717, 1.165) is 37.8 Å². The average Bonchev–Trinajstić information content (AvgIpc) is 2.50. The Morgan fingerprint density at radius 2 is 1.38 bits per heavy atom. The van der Waals surface area contributed by atoms with Crippen LogP contribution in [0.2, 0.25) is 5.31 Å². The normalized spacial score (nSPS) is 12.3. The quantitative estimate of drug-likeness (QED) is 0.371. The summed E-state index contributed by atoms with van der Waals surface area (Å²) in [4.78, 5) is 23.3. The minimum absolute atomic E-state index is 0.00694. The first-order chi connectivity index (χ1) is 9.74. The van der Waals surface area contributed by atoms with Gasteiger partial charge in [-0.3, -0.25) is 0 Å². The van der Waals surface area contributed by atoms with Crippen LogP contribution in [-0.4, -0.2) is 25.0 Å². The summed E-state index contributed by atoms with van der Waals surface area (Å²) in [6.45, 7) is 12.0. The second-order valence-corrected chi connectivity index (χ2v) is 6.04. The number of carbonyl (C=O) groups is 2. The van der Waals surface area contributed by atoms with Crippen LogP contribution in [0.15, 0.2) is 12.2 Å². The van der Waals surface area contributed by atoms with Gasteiger partial charge in [-0.15, -0.1) is 0 Å². The maximum absolute atomic E-state index is 11.7. The number of ether oxygens (including phenoxy) is 1. The smallest absolute Gasteiger partial charge is 0.350 e. The molecular weight excluding hydrogens is 267 g/mol. The van der Waals surface area contributed by atoms with E-state index in [1.54, 1.807) is 0 Å². The van der Waals surface area contributed by atoms with E-state index < -0.39 is 17.5 Å². The fraction of sp³-hybridized carbons (Fsp3) is 0.750. The summed E-state index contributed by atoms with van der Waals surface area (Å²) >= 11 is 0. The molecule has 0 fully saturated rings. The zero-order valence-electron chi connectivity index (χ0n) is 14.3. The molecule has 0 aliphatic carbocycles. The third kappa shape index (κ3) is 7.35. The number of rotatable bonds is 9. The summed E-state index contributed by atoms with van der Waals surface area (Å²) in [6.07, 6.45) is 5.63. The highest BCUT2D eigenvalue weighted by atomic mass is 16.6. The number of carbonyl (C=O) groups excluding carboxylic acids is 2. The molecule has 0 aliphatic rings. The fourth-order valence-corrected chi connectivity index (χ4v) is 1.55. The predicted molar refractivity (Wildman–Crippen MR) is 86.4 cm³/mol. The molecule has 5 heteroatoms. The van der Waals surface area contributed by atoms with E-state index in [2.05, 4.69) is 20.8 Å². The van der Waals surface area contributed by atoms with Crippen LogP contribution in [0, 0.1) is 0 Å². The third-order valence-electron chi connectivity index (χ3n) is 4.47. The Balaban J connectivity index is 4.36. The summed E-state index contributed by atoms with van der Waals surface area (Å²) in [6, 6.07) is 0. The standard InChI is InChI=1S/C16H29BO4/c1-7-15(5,8-2)17-21-14(19)12-11-13(18)20-16(6,9-3)10-4/h11-12,17H,7-10H2,1-6H3/b12-11+. The molecule has 0 saturated carbocycles.